The molecule has 0 aliphatic rings. The summed E-state index contributed by atoms with van der Waals surface area (Å²) in [5, 5.41) is 7.19. The third kappa shape index (κ3) is 3.92. The summed E-state index contributed by atoms with van der Waals surface area (Å²) in [7, 11) is 0. The van der Waals surface area contributed by atoms with Crippen molar-refractivity contribution in [1.29, 1.82) is 0 Å². The van der Waals surface area contributed by atoms with Crippen LogP contribution in [-0.4, -0.2) is 15.7 Å². The number of carbonyl (C=O) groups excluding carboxylic acids is 1. The van der Waals surface area contributed by atoms with E-state index in [9.17, 15) is 4.79 Å². The van der Waals surface area contributed by atoms with E-state index < -0.39 is 0 Å². The largest absolute Gasteiger partial charge is 0.326 e. The number of hydrogen-bond donors (Lipinski definition) is 1. The Hall–Kier alpha value is -1.62. The van der Waals surface area contributed by atoms with Gasteiger partial charge in [0.2, 0.25) is 5.91 Å². The lowest BCUT2D eigenvalue weighted by Crippen LogP contribution is -2.18. The Morgan fingerprint density at radius 2 is 2.26 bits per heavy atom. The van der Waals surface area contributed by atoms with Gasteiger partial charge in [-0.05, 0) is 38.1 Å². The van der Waals surface area contributed by atoms with E-state index in [0.717, 1.165) is 15.9 Å². The Bertz CT molecular complexity index is 580. The summed E-state index contributed by atoms with van der Waals surface area (Å²) in [6.45, 7) is 3.91. The first-order valence-electron chi connectivity index (χ1n) is 6.12. The fourth-order valence-corrected chi connectivity index (χ4v) is 2.22. The summed E-state index contributed by atoms with van der Waals surface area (Å²) >= 11 is 3.38. The summed E-state index contributed by atoms with van der Waals surface area (Å²) in [5.74, 6) is -0.0150. The Morgan fingerprint density at radius 3 is 2.89 bits per heavy atom. The van der Waals surface area contributed by atoms with Crippen LogP contribution in [0.1, 0.15) is 25.1 Å². The highest BCUT2D eigenvalue weighted by atomic mass is 79.9. The lowest BCUT2D eigenvalue weighted by atomic mass is 10.2. The molecule has 2 aromatic rings. The molecule has 1 aromatic heterocycles. The standard InChI is InChI=1S/C14H16BrN3O/c1-10-6-7-18(17-10)11(2)8-14(19)16-13-5-3-4-12(15)9-13/h3-7,9,11H,8H2,1-2H3,(H,16,19)/t11-/m0/s1. The number of nitrogens with zero attached hydrogens (tertiary/aromatic N) is 2. The first-order valence-corrected chi connectivity index (χ1v) is 6.91. The molecule has 0 radical (unpaired) electrons. The maximum atomic E-state index is 11.9. The molecule has 100 valence electrons. The summed E-state index contributed by atoms with van der Waals surface area (Å²) in [6, 6.07) is 9.53. The van der Waals surface area contributed by atoms with Gasteiger partial charge in [0.15, 0.2) is 0 Å². The highest BCUT2D eigenvalue weighted by Crippen LogP contribution is 2.17. The van der Waals surface area contributed by atoms with Gasteiger partial charge in [0, 0.05) is 22.8 Å². The number of aryl methyl sites for hydroxylation is 1. The van der Waals surface area contributed by atoms with E-state index in [2.05, 4.69) is 26.3 Å². The smallest absolute Gasteiger partial charge is 0.226 e. The summed E-state index contributed by atoms with van der Waals surface area (Å²) in [4.78, 5) is 11.9. The van der Waals surface area contributed by atoms with Gasteiger partial charge in [0.1, 0.15) is 0 Å². The third-order valence-corrected chi connectivity index (χ3v) is 3.28. The monoisotopic (exact) mass is 321 g/mol. The fraction of sp³-hybridized carbons (Fsp3) is 0.286. The molecule has 1 atom stereocenters. The Kier molecular flexibility index (Phi) is 4.37. The molecular weight excluding hydrogens is 306 g/mol. The highest BCUT2D eigenvalue weighted by molar-refractivity contribution is 9.10. The van der Waals surface area contributed by atoms with Crippen molar-refractivity contribution in [2.75, 3.05) is 5.32 Å². The molecule has 0 spiro atoms. The molecule has 0 unspecified atom stereocenters. The number of nitrogens with one attached hydrogen (secondary N) is 1. The Morgan fingerprint density at radius 1 is 1.47 bits per heavy atom. The summed E-state index contributed by atoms with van der Waals surface area (Å²) < 4.78 is 2.76. The zero-order valence-electron chi connectivity index (χ0n) is 10.9. The molecule has 0 fully saturated rings. The lowest BCUT2D eigenvalue weighted by Gasteiger charge is -2.12. The molecule has 1 aromatic carbocycles. The minimum atomic E-state index is -0.0150. The molecule has 0 aliphatic heterocycles. The number of carbonyl (C=O) groups is 1. The normalized spacial score (nSPS) is 12.2. The van der Waals surface area contributed by atoms with Crippen molar-refractivity contribution in [3.8, 4) is 0 Å². The highest BCUT2D eigenvalue weighted by Gasteiger charge is 2.11. The first-order chi connectivity index (χ1) is 9.04. The SMILES string of the molecule is Cc1ccn([C@@H](C)CC(=O)Nc2cccc(Br)c2)n1. The minimum absolute atomic E-state index is 0.0150. The van der Waals surface area contributed by atoms with Gasteiger partial charge in [0.05, 0.1) is 11.7 Å². The van der Waals surface area contributed by atoms with E-state index in [1.165, 1.54) is 0 Å². The molecule has 0 saturated carbocycles. The van der Waals surface area contributed by atoms with Gasteiger partial charge in [-0.1, -0.05) is 22.0 Å². The molecule has 4 nitrogen and oxygen atoms in total. The van der Waals surface area contributed by atoms with Crippen LogP contribution >= 0.6 is 15.9 Å². The predicted octanol–water partition coefficient (Wildman–Crippen LogP) is 3.54. The van der Waals surface area contributed by atoms with Crippen molar-refractivity contribution in [3.05, 3.63) is 46.7 Å². The van der Waals surface area contributed by atoms with Crippen LogP contribution in [0.5, 0.6) is 0 Å². The molecule has 1 N–H and O–H groups in total. The maximum absolute atomic E-state index is 11.9. The number of halogens is 1. The number of benzene rings is 1. The van der Waals surface area contributed by atoms with E-state index in [1.807, 2.05) is 55.1 Å². The lowest BCUT2D eigenvalue weighted by molar-refractivity contribution is -0.116. The minimum Gasteiger partial charge on any atom is -0.326 e. The average Bonchev–Trinajstić information content (AvgIpc) is 2.75. The van der Waals surface area contributed by atoms with Crippen LogP contribution in [0.3, 0.4) is 0 Å². The van der Waals surface area contributed by atoms with Crippen LogP contribution in [0, 0.1) is 6.92 Å². The van der Waals surface area contributed by atoms with Gasteiger partial charge in [-0.3, -0.25) is 9.48 Å². The second-order valence-electron chi connectivity index (χ2n) is 4.55. The van der Waals surface area contributed by atoms with Crippen molar-refractivity contribution in [3.63, 3.8) is 0 Å². The van der Waals surface area contributed by atoms with E-state index >= 15 is 0 Å². The molecule has 0 aliphatic carbocycles. The second-order valence-corrected chi connectivity index (χ2v) is 5.46. The fourth-order valence-electron chi connectivity index (χ4n) is 1.82. The Balaban J connectivity index is 1.94. The number of rotatable bonds is 4. The molecule has 5 heteroatoms. The van der Waals surface area contributed by atoms with Gasteiger partial charge in [-0.2, -0.15) is 5.10 Å². The second kappa shape index (κ2) is 6.02. The van der Waals surface area contributed by atoms with Crippen LogP contribution in [0.2, 0.25) is 0 Å². The van der Waals surface area contributed by atoms with Gasteiger partial charge >= 0.3 is 0 Å². The molecule has 2 rings (SSSR count). The van der Waals surface area contributed by atoms with Crippen LogP contribution in [0.15, 0.2) is 41.0 Å². The molecule has 19 heavy (non-hydrogen) atoms. The van der Waals surface area contributed by atoms with E-state index in [0.29, 0.717) is 6.42 Å². The number of anilines is 1. The van der Waals surface area contributed by atoms with Crippen LogP contribution in [-0.2, 0) is 4.79 Å². The summed E-state index contributed by atoms with van der Waals surface area (Å²) in [5.41, 5.74) is 1.75. The van der Waals surface area contributed by atoms with Crippen molar-refractivity contribution >= 4 is 27.5 Å². The zero-order chi connectivity index (χ0) is 13.8. The third-order valence-electron chi connectivity index (χ3n) is 2.78. The van der Waals surface area contributed by atoms with Crippen molar-refractivity contribution in [1.82, 2.24) is 9.78 Å². The average molecular weight is 322 g/mol. The van der Waals surface area contributed by atoms with Crippen molar-refractivity contribution in [2.45, 2.75) is 26.3 Å². The van der Waals surface area contributed by atoms with Crippen LogP contribution in [0.25, 0.3) is 0 Å². The van der Waals surface area contributed by atoms with Gasteiger partial charge < -0.3 is 5.32 Å². The zero-order valence-corrected chi connectivity index (χ0v) is 12.5. The Labute approximate surface area is 120 Å². The van der Waals surface area contributed by atoms with Gasteiger partial charge in [0.25, 0.3) is 0 Å². The van der Waals surface area contributed by atoms with Crippen LogP contribution < -0.4 is 5.32 Å². The molecular formula is C14H16BrN3O. The van der Waals surface area contributed by atoms with Crippen molar-refractivity contribution < 1.29 is 4.79 Å². The topological polar surface area (TPSA) is 46.9 Å². The quantitative estimate of drug-likeness (QED) is 0.936. The van der Waals surface area contributed by atoms with E-state index in [1.54, 1.807) is 0 Å². The number of aromatic nitrogens is 2. The predicted molar refractivity (Wildman–Crippen MR) is 79.1 cm³/mol. The summed E-state index contributed by atoms with van der Waals surface area (Å²) in [6.07, 6.45) is 2.29. The number of hydrogen-bond acceptors (Lipinski definition) is 2. The van der Waals surface area contributed by atoms with E-state index in [4.69, 9.17) is 0 Å². The molecule has 0 bridgehead atoms. The first kappa shape index (κ1) is 13.8. The molecule has 0 saturated heterocycles. The maximum Gasteiger partial charge on any atom is 0.226 e. The van der Waals surface area contributed by atoms with E-state index in [-0.39, 0.29) is 11.9 Å². The number of amides is 1. The van der Waals surface area contributed by atoms with Gasteiger partial charge in [-0.15, -0.1) is 0 Å². The van der Waals surface area contributed by atoms with Crippen LogP contribution in [0.4, 0.5) is 5.69 Å². The van der Waals surface area contributed by atoms with Crippen molar-refractivity contribution in [2.24, 2.45) is 0 Å². The van der Waals surface area contributed by atoms with Gasteiger partial charge in [-0.25, -0.2) is 0 Å². The molecule has 1 heterocycles. The molecule has 1 amide bonds.